The number of hydrogen-bond donors (Lipinski definition) is 1. The Hall–Kier alpha value is -1.99. The van der Waals surface area contributed by atoms with Crippen molar-refractivity contribution >= 4 is 49.0 Å². The molecule has 0 aliphatic carbocycles. The van der Waals surface area contributed by atoms with Crippen molar-refractivity contribution in [3.63, 3.8) is 0 Å². The second kappa shape index (κ2) is 6.86. The lowest BCUT2D eigenvalue weighted by atomic mass is 10.2. The number of nitrogens with zero attached hydrogens (tertiary/aromatic N) is 3. The van der Waals surface area contributed by atoms with E-state index in [1.54, 1.807) is 30.5 Å². The highest BCUT2D eigenvalue weighted by Gasteiger charge is 2.09. The number of aromatic hydroxyl groups is 1. The predicted octanol–water partition coefficient (Wildman–Crippen LogP) is 4.07. The van der Waals surface area contributed by atoms with Gasteiger partial charge < -0.3 is 5.11 Å². The number of phenols is 1. The van der Waals surface area contributed by atoms with Crippen LogP contribution in [-0.4, -0.2) is 21.0 Å². The van der Waals surface area contributed by atoms with E-state index in [1.807, 2.05) is 19.1 Å². The lowest BCUT2D eigenvalue weighted by Gasteiger charge is -2.07. The van der Waals surface area contributed by atoms with Gasteiger partial charge in [0.2, 0.25) is 0 Å². The zero-order valence-electron chi connectivity index (χ0n) is 12.7. The summed E-state index contributed by atoms with van der Waals surface area (Å²) in [5.41, 5.74) is 1.19. The van der Waals surface area contributed by atoms with E-state index in [2.05, 4.69) is 41.9 Å². The molecule has 3 rings (SSSR count). The smallest absolute Gasteiger partial charge is 0.282 e. The molecule has 0 aliphatic rings. The van der Waals surface area contributed by atoms with Gasteiger partial charge in [-0.05, 0) is 57.9 Å². The SMILES string of the molecule is CCc1nc2ccc(Br)cc2c(=O)n1N=Cc1ccc(O)c(Br)c1. The molecule has 0 saturated carbocycles. The normalized spacial score (nSPS) is 11.5. The summed E-state index contributed by atoms with van der Waals surface area (Å²) in [5.74, 6) is 0.736. The van der Waals surface area contributed by atoms with Gasteiger partial charge in [-0.15, -0.1) is 0 Å². The standard InChI is InChI=1S/C17H13Br2N3O2/c1-2-16-21-14-5-4-11(18)8-12(14)17(24)22(16)20-9-10-3-6-15(23)13(19)7-10/h3-9,23H,2H2,1H3. The van der Waals surface area contributed by atoms with E-state index in [9.17, 15) is 9.90 Å². The number of aromatic nitrogens is 2. The molecule has 1 aromatic heterocycles. The van der Waals surface area contributed by atoms with Gasteiger partial charge in [-0.3, -0.25) is 4.79 Å². The van der Waals surface area contributed by atoms with Gasteiger partial charge in [0.05, 0.1) is 21.6 Å². The van der Waals surface area contributed by atoms with Crippen molar-refractivity contribution in [2.24, 2.45) is 5.10 Å². The quantitative estimate of drug-likeness (QED) is 0.611. The summed E-state index contributed by atoms with van der Waals surface area (Å²) in [6.45, 7) is 1.93. The first-order chi connectivity index (χ1) is 11.5. The first-order valence-electron chi connectivity index (χ1n) is 7.23. The minimum absolute atomic E-state index is 0.149. The average molecular weight is 451 g/mol. The molecule has 1 heterocycles. The van der Waals surface area contributed by atoms with E-state index >= 15 is 0 Å². The third kappa shape index (κ3) is 3.27. The molecule has 0 aliphatic heterocycles. The second-order valence-electron chi connectivity index (χ2n) is 5.12. The van der Waals surface area contributed by atoms with Crippen molar-refractivity contribution in [1.29, 1.82) is 0 Å². The molecule has 0 spiro atoms. The molecule has 3 aromatic rings. The zero-order chi connectivity index (χ0) is 17.3. The molecule has 0 atom stereocenters. The number of rotatable bonds is 3. The first kappa shape index (κ1) is 16.9. The minimum atomic E-state index is -0.216. The van der Waals surface area contributed by atoms with E-state index in [1.165, 1.54) is 4.68 Å². The third-order valence-electron chi connectivity index (χ3n) is 3.49. The third-order valence-corrected chi connectivity index (χ3v) is 4.61. The fourth-order valence-corrected chi connectivity index (χ4v) is 3.03. The molecule has 0 saturated heterocycles. The zero-order valence-corrected chi connectivity index (χ0v) is 15.9. The molecule has 122 valence electrons. The van der Waals surface area contributed by atoms with Gasteiger partial charge in [-0.2, -0.15) is 9.78 Å². The molecule has 0 amide bonds. The van der Waals surface area contributed by atoms with Crippen molar-refractivity contribution < 1.29 is 5.11 Å². The van der Waals surface area contributed by atoms with Crippen LogP contribution < -0.4 is 5.56 Å². The molecule has 2 aromatic carbocycles. The highest BCUT2D eigenvalue weighted by Crippen LogP contribution is 2.23. The van der Waals surface area contributed by atoms with Gasteiger partial charge in [0.15, 0.2) is 0 Å². The Balaban J connectivity index is 2.13. The van der Waals surface area contributed by atoms with E-state index in [0.717, 1.165) is 10.0 Å². The lowest BCUT2D eigenvalue weighted by Crippen LogP contribution is -2.22. The van der Waals surface area contributed by atoms with Crippen molar-refractivity contribution in [2.75, 3.05) is 0 Å². The largest absolute Gasteiger partial charge is 0.507 e. The van der Waals surface area contributed by atoms with Gasteiger partial charge >= 0.3 is 0 Å². The van der Waals surface area contributed by atoms with E-state index in [4.69, 9.17) is 0 Å². The Labute approximate surface area is 154 Å². The summed E-state index contributed by atoms with van der Waals surface area (Å²) in [6.07, 6.45) is 2.15. The highest BCUT2D eigenvalue weighted by molar-refractivity contribution is 9.10. The summed E-state index contributed by atoms with van der Waals surface area (Å²) >= 11 is 6.63. The maximum atomic E-state index is 12.7. The summed E-state index contributed by atoms with van der Waals surface area (Å²) in [5, 5.41) is 14.3. The highest BCUT2D eigenvalue weighted by atomic mass is 79.9. The van der Waals surface area contributed by atoms with E-state index in [-0.39, 0.29) is 11.3 Å². The Kier molecular flexibility index (Phi) is 4.82. The minimum Gasteiger partial charge on any atom is -0.507 e. The number of halogens is 2. The van der Waals surface area contributed by atoms with Crippen molar-refractivity contribution in [3.8, 4) is 5.75 Å². The van der Waals surface area contributed by atoms with Gasteiger partial charge in [0, 0.05) is 10.9 Å². The molecular weight excluding hydrogens is 438 g/mol. The Bertz CT molecular complexity index is 1010. The van der Waals surface area contributed by atoms with Gasteiger partial charge in [-0.1, -0.05) is 22.9 Å². The molecule has 7 heteroatoms. The Morgan fingerprint density at radius 2 is 2.04 bits per heavy atom. The molecular formula is C17H13Br2N3O2. The van der Waals surface area contributed by atoms with Crippen LogP contribution in [0.1, 0.15) is 18.3 Å². The van der Waals surface area contributed by atoms with E-state index < -0.39 is 0 Å². The number of benzene rings is 2. The van der Waals surface area contributed by atoms with Gasteiger partial charge in [-0.25, -0.2) is 4.98 Å². The number of fused-ring (bicyclic) bond motifs is 1. The van der Waals surface area contributed by atoms with Crippen molar-refractivity contribution in [2.45, 2.75) is 13.3 Å². The van der Waals surface area contributed by atoms with Crippen LogP contribution in [0.25, 0.3) is 10.9 Å². The van der Waals surface area contributed by atoms with Crippen LogP contribution in [0.5, 0.6) is 5.75 Å². The van der Waals surface area contributed by atoms with Crippen LogP contribution in [0.2, 0.25) is 0 Å². The van der Waals surface area contributed by atoms with Crippen LogP contribution in [-0.2, 0) is 6.42 Å². The summed E-state index contributed by atoms with van der Waals surface area (Å²) in [6, 6.07) is 10.4. The Morgan fingerprint density at radius 3 is 2.75 bits per heavy atom. The summed E-state index contributed by atoms with van der Waals surface area (Å²) in [7, 11) is 0. The van der Waals surface area contributed by atoms with Crippen LogP contribution in [0, 0.1) is 0 Å². The fraction of sp³-hybridized carbons (Fsp3) is 0.118. The van der Waals surface area contributed by atoms with Gasteiger partial charge in [0.25, 0.3) is 5.56 Å². The molecule has 5 nitrogen and oxygen atoms in total. The maximum absolute atomic E-state index is 12.7. The molecule has 1 N–H and O–H groups in total. The molecule has 0 radical (unpaired) electrons. The number of hydrogen-bond acceptors (Lipinski definition) is 4. The second-order valence-corrected chi connectivity index (χ2v) is 6.89. The van der Waals surface area contributed by atoms with Crippen LogP contribution in [0.15, 0.2) is 55.2 Å². The van der Waals surface area contributed by atoms with Crippen molar-refractivity contribution in [3.05, 3.63) is 67.1 Å². The number of phenolic OH excluding ortho intramolecular Hbond substituents is 1. The van der Waals surface area contributed by atoms with Gasteiger partial charge in [0.1, 0.15) is 11.6 Å². The average Bonchev–Trinajstić information content (AvgIpc) is 2.57. The lowest BCUT2D eigenvalue weighted by molar-refractivity contribution is 0.472. The molecule has 24 heavy (non-hydrogen) atoms. The first-order valence-corrected chi connectivity index (χ1v) is 8.82. The molecule has 0 bridgehead atoms. The maximum Gasteiger partial charge on any atom is 0.282 e. The topological polar surface area (TPSA) is 67.5 Å². The Morgan fingerprint density at radius 1 is 1.25 bits per heavy atom. The van der Waals surface area contributed by atoms with Crippen LogP contribution in [0.3, 0.4) is 0 Å². The summed E-state index contributed by atoms with van der Waals surface area (Å²) < 4.78 is 2.70. The number of aryl methyl sites for hydroxylation is 1. The van der Waals surface area contributed by atoms with Crippen LogP contribution in [0.4, 0.5) is 0 Å². The fourth-order valence-electron chi connectivity index (χ4n) is 2.27. The summed E-state index contributed by atoms with van der Waals surface area (Å²) in [4.78, 5) is 17.3. The van der Waals surface area contributed by atoms with Crippen molar-refractivity contribution in [1.82, 2.24) is 9.66 Å². The monoisotopic (exact) mass is 449 g/mol. The van der Waals surface area contributed by atoms with E-state index in [0.29, 0.717) is 27.6 Å². The predicted molar refractivity (Wildman–Crippen MR) is 102 cm³/mol. The molecule has 0 unspecified atom stereocenters. The molecule has 0 fully saturated rings. The van der Waals surface area contributed by atoms with Crippen LogP contribution >= 0.6 is 31.9 Å².